The molecule has 3 N–H and O–H groups in total. The molecule has 0 amide bonds. The molecule has 2 atom stereocenters. The van der Waals surface area contributed by atoms with Gasteiger partial charge in [-0.1, -0.05) is 30.3 Å². The average molecular weight is 203 g/mol. The SMILES string of the molecule is NC(C(=O)[O-])C(O)c1ccccc1.[Na+]. The molecule has 0 aliphatic carbocycles. The largest absolute Gasteiger partial charge is 1.00 e. The summed E-state index contributed by atoms with van der Waals surface area (Å²) in [6, 6.07) is 6.98. The van der Waals surface area contributed by atoms with Gasteiger partial charge in [0.15, 0.2) is 0 Å². The molecule has 5 heteroatoms. The molecule has 14 heavy (non-hydrogen) atoms. The van der Waals surface area contributed by atoms with Crippen LogP contribution < -0.4 is 40.4 Å². The molecule has 0 fully saturated rings. The molecule has 0 heterocycles. The van der Waals surface area contributed by atoms with E-state index in [1.165, 1.54) is 0 Å². The average Bonchev–Trinajstić information content (AvgIpc) is 2.17. The molecular weight excluding hydrogens is 193 g/mol. The van der Waals surface area contributed by atoms with Crippen LogP contribution >= 0.6 is 0 Å². The van der Waals surface area contributed by atoms with E-state index in [0.29, 0.717) is 5.56 Å². The van der Waals surface area contributed by atoms with Crippen molar-refractivity contribution in [2.75, 3.05) is 0 Å². The first-order valence-electron chi connectivity index (χ1n) is 3.82. The van der Waals surface area contributed by atoms with Gasteiger partial charge in [-0.2, -0.15) is 0 Å². The van der Waals surface area contributed by atoms with Crippen molar-refractivity contribution >= 4 is 5.97 Å². The fourth-order valence-corrected chi connectivity index (χ4v) is 0.986. The first-order chi connectivity index (χ1) is 6.13. The Labute approximate surface area is 104 Å². The molecule has 0 spiro atoms. The summed E-state index contributed by atoms with van der Waals surface area (Å²) in [6.45, 7) is 0. The Bertz CT molecular complexity index is 291. The van der Waals surface area contributed by atoms with Crippen LogP contribution in [0.5, 0.6) is 0 Å². The van der Waals surface area contributed by atoms with E-state index < -0.39 is 18.1 Å². The predicted octanol–water partition coefficient (Wildman–Crippen LogP) is -4.20. The van der Waals surface area contributed by atoms with E-state index in [1.54, 1.807) is 30.3 Å². The van der Waals surface area contributed by atoms with Gasteiger partial charge in [-0.05, 0) is 5.56 Å². The quantitative estimate of drug-likeness (QED) is 0.488. The maximum Gasteiger partial charge on any atom is 1.00 e. The zero-order chi connectivity index (χ0) is 9.84. The number of rotatable bonds is 3. The van der Waals surface area contributed by atoms with Gasteiger partial charge in [0.2, 0.25) is 0 Å². The Balaban J connectivity index is 0.00000169. The van der Waals surface area contributed by atoms with Gasteiger partial charge >= 0.3 is 29.6 Å². The minimum Gasteiger partial charge on any atom is -0.548 e. The van der Waals surface area contributed by atoms with E-state index in [1.807, 2.05) is 0 Å². The molecule has 2 unspecified atom stereocenters. The molecule has 0 aromatic heterocycles. The molecule has 0 aliphatic rings. The number of carbonyl (C=O) groups excluding carboxylic acids is 1. The molecule has 0 saturated carbocycles. The van der Waals surface area contributed by atoms with E-state index in [4.69, 9.17) is 5.73 Å². The van der Waals surface area contributed by atoms with Gasteiger partial charge in [-0.15, -0.1) is 0 Å². The summed E-state index contributed by atoms with van der Waals surface area (Å²) in [5.74, 6) is -1.46. The van der Waals surface area contributed by atoms with Crippen molar-refractivity contribution in [3.05, 3.63) is 35.9 Å². The summed E-state index contributed by atoms with van der Waals surface area (Å²) in [5, 5.41) is 19.7. The number of hydrogen-bond donors (Lipinski definition) is 2. The molecule has 1 aromatic carbocycles. The molecule has 0 bridgehead atoms. The number of aliphatic hydroxyl groups excluding tert-OH is 1. The minimum absolute atomic E-state index is 0. The summed E-state index contributed by atoms with van der Waals surface area (Å²) < 4.78 is 0. The van der Waals surface area contributed by atoms with Crippen LogP contribution in [0.25, 0.3) is 0 Å². The van der Waals surface area contributed by atoms with Crippen LogP contribution in [0, 0.1) is 0 Å². The van der Waals surface area contributed by atoms with Gasteiger partial charge in [-0.25, -0.2) is 0 Å². The van der Waals surface area contributed by atoms with E-state index in [2.05, 4.69) is 0 Å². The third-order valence-electron chi connectivity index (χ3n) is 1.75. The number of nitrogens with two attached hydrogens (primary N) is 1. The summed E-state index contributed by atoms with van der Waals surface area (Å²) >= 11 is 0. The topological polar surface area (TPSA) is 86.4 Å². The van der Waals surface area contributed by atoms with Crippen LogP contribution in [0.1, 0.15) is 11.7 Å². The number of benzene rings is 1. The fourth-order valence-electron chi connectivity index (χ4n) is 0.986. The second-order valence-corrected chi connectivity index (χ2v) is 2.70. The minimum atomic E-state index is -1.46. The van der Waals surface area contributed by atoms with E-state index >= 15 is 0 Å². The van der Waals surface area contributed by atoms with Crippen molar-refractivity contribution in [1.29, 1.82) is 0 Å². The van der Waals surface area contributed by atoms with Crippen LogP contribution in [-0.2, 0) is 4.79 Å². The predicted molar refractivity (Wildman–Crippen MR) is 44.4 cm³/mol. The summed E-state index contributed by atoms with van der Waals surface area (Å²) in [4.78, 5) is 10.3. The number of carbonyl (C=O) groups is 1. The van der Waals surface area contributed by atoms with E-state index in [-0.39, 0.29) is 29.6 Å². The molecule has 0 saturated heterocycles. The maximum absolute atomic E-state index is 10.3. The summed E-state index contributed by atoms with van der Waals surface area (Å²) in [6.07, 6.45) is -1.22. The first-order valence-corrected chi connectivity index (χ1v) is 3.82. The Kier molecular flexibility index (Phi) is 5.99. The zero-order valence-electron chi connectivity index (χ0n) is 7.88. The van der Waals surface area contributed by atoms with E-state index in [9.17, 15) is 15.0 Å². The van der Waals surface area contributed by atoms with Crippen LogP contribution in [-0.4, -0.2) is 17.1 Å². The van der Waals surface area contributed by atoms with Crippen LogP contribution in [0.3, 0.4) is 0 Å². The van der Waals surface area contributed by atoms with Crippen LogP contribution in [0.15, 0.2) is 30.3 Å². The van der Waals surface area contributed by atoms with Crippen molar-refractivity contribution in [3.8, 4) is 0 Å². The normalized spacial score (nSPS) is 13.9. The summed E-state index contributed by atoms with van der Waals surface area (Å²) in [7, 11) is 0. The Morgan fingerprint density at radius 1 is 1.36 bits per heavy atom. The standard InChI is InChI=1S/C9H11NO3.Na/c10-7(9(12)13)8(11)6-4-2-1-3-5-6;/h1-5,7-8,11H,10H2,(H,12,13);/q;+1/p-1. The fraction of sp³-hybridized carbons (Fsp3) is 0.222. The third-order valence-corrected chi connectivity index (χ3v) is 1.75. The Morgan fingerprint density at radius 2 is 1.86 bits per heavy atom. The molecule has 0 aliphatic heterocycles. The Morgan fingerprint density at radius 3 is 2.29 bits per heavy atom. The number of carboxylic acid groups (broad SMARTS) is 1. The monoisotopic (exact) mass is 203 g/mol. The molecule has 70 valence electrons. The van der Waals surface area contributed by atoms with Gasteiger partial charge < -0.3 is 20.7 Å². The molecular formula is C9H10NNaO3. The molecule has 0 radical (unpaired) electrons. The van der Waals surface area contributed by atoms with Gasteiger partial charge in [0.1, 0.15) is 0 Å². The van der Waals surface area contributed by atoms with Crippen LogP contribution in [0.2, 0.25) is 0 Å². The summed E-state index contributed by atoms with van der Waals surface area (Å²) in [5.41, 5.74) is 5.65. The third kappa shape index (κ3) is 3.40. The van der Waals surface area contributed by atoms with Gasteiger partial charge in [0, 0.05) is 0 Å². The zero-order valence-corrected chi connectivity index (χ0v) is 9.88. The van der Waals surface area contributed by atoms with Crippen molar-refractivity contribution in [3.63, 3.8) is 0 Å². The smallest absolute Gasteiger partial charge is 0.548 e. The Hall–Kier alpha value is -0.390. The molecule has 4 nitrogen and oxygen atoms in total. The number of aliphatic carboxylic acids is 1. The molecule has 1 aromatic rings. The second-order valence-electron chi connectivity index (χ2n) is 2.70. The van der Waals surface area contributed by atoms with Crippen molar-refractivity contribution in [2.45, 2.75) is 12.1 Å². The van der Waals surface area contributed by atoms with Crippen molar-refractivity contribution in [2.24, 2.45) is 5.73 Å². The van der Waals surface area contributed by atoms with Crippen LogP contribution in [0.4, 0.5) is 0 Å². The van der Waals surface area contributed by atoms with Gasteiger partial charge in [0.25, 0.3) is 0 Å². The maximum atomic E-state index is 10.3. The number of hydrogen-bond acceptors (Lipinski definition) is 4. The van der Waals surface area contributed by atoms with E-state index in [0.717, 1.165) is 0 Å². The van der Waals surface area contributed by atoms with Gasteiger partial charge in [0.05, 0.1) is 18.1 Å². The first kappa shape index (κ1) is 13.6. The number of carboxylic acids is 1. The number of aliphatic hydroxyl groups is 1. The second kappa shape index (κ2) is 6.16. The van der Waals surface area contributed by atoms with Crippen molar-refractivity contribution in [1.82, 2.24) is 0 Å². The molecule has 1 rings (SSSR count). The van der Waals surface area contributed by atoms with Gasteiger partial charge in [-0.3, -0.25) is 0 Å². The van der Waals surface area contributed by atoms with Crippen molar-refractivity contribution < 1.29 is 44.6 Å².